The SMILES string of the molecule is C=C1CCCOCC1=C. The van der Waals surface area contributed by atoms with E-state index in [0.717, 1.165) is 30.6 Å². The average Bonchev–Trinajstić information content (AvgIpc) is 1.99. The highest BCUT2D eigenvalue weighted by atomic mass is 16.5. The van der Waals surface area contributed by atoms with Gasteiger partial charge in [0.1, 0.15) is 0 Å². The summed E-state index contributed by atoms with van der Waals surface area (Å²) in [6.07, 6.45) is 2.15. The summed E-state index contributed by atoms with van der Waals surface area (Å²) in [7, 11) is 0. The molecule has 0 spiro atoms. The molecule has 1 aliphatic heterocycles. The van der Waals surface area contributed by atoms with E-state index in [1.54, 1.807) is 0 Å². The van der Waals surface area contributed by atoms with E-state index < -0.39 is 0 Å². The van der Waals surface area contributed by atoms with Gasteiger partial charge in [-0.15, -0.1) is 0 Å². The Morgan fingerprint density at radius 3 is 2.78 bits per heavy atom. The molecule has 1 fully saturated rings. The van der Waals surface area contributed by atoms with Gasteiger partial charge >= 0.3 is 0 Å². The Kier molecular flexibility index (Phi) is 2.06. The zero-order chi connectivity index (χ0) is 6.69. The molecule has 0 radical (unpaired) electrons. The van der Waals surface area contributed by atoms with Crippen LogP contribution in [0.5, 0.6) is 0 Å². The molecule has 1 rings (SSSR count). The highest BCUT2D eigenvalue weighted by Gasteiger charge is 2.04. The fourth-order valence-electron chi connectivity index (χ4n) is 0.862. The van der Waals surface area contributed by atoms with E-state index in [0.29, 0.717) is 6.61 Å². The second kappa shape index (κ2) is 2.83. The van der Waals surface area contributed by atoms with Crippen LogP contribution >= 0.6 is 0 Å². The van der Waals surface area contributed by atoms with Crippen molar-refractivity contribution in [3.05, 3.63) is 24.3 Å². The Balaban J connectivity index is 2.51. The van der Waals surface area contributed by atoms with Crippen molar-refractivity contribution < 1.29 is 4.74 Å². The molecule has 0 saturated carbocycles. The zero-order valence-corrected chi connectivity index (χ0v) is 5.65. The van der Waals surface area contributed by atoms with Crippen molar-refractivity contribution in [3.8, 4) is 0 Å². The molecular formula is C8H12O. The molecule has 1 aliphatic rings. The second-order valence-electron chi connectivity index (χ2n) is 2.36. The number of ether oxygens (including phenoxy) is 1. The van der Waals surface area contributed by atoms with Crippen LogP contribution in [0.15, 0.2) is 24.3 Å². The monoisotopic (exact) mass is 124 g/mol. The van der Waals surface area contributed by atoms with Crippen LogP contribution in [0.2, 0.25) is 0 Å². The van der Waals surface area contributed by atoms with E-state index in [2.05, 4.69) is 13.2 Å². The minimum atomic E-state index is 0.679. The molecule has 0 amide bonds. The number of hydrogen-bond donors (Lipinski definition) is 0. The van der Waals surface area contributed by atoms with Crippen LogP contribution in [0.1, 0.15) is 12.8 Å². The van der Waals surface area contributed by atoms with E-state index >= 15 is 0 Å². The molecule has 0 aromatic carbocycles. The van der Waals surface area contributed by atoms with Gasteiger partial charge in [0.05, 0.1) is 6.61 Å². The average molecular weight is 124 g/mol. The Morgan fingerprint density at radius 1 is 1.22 bits per heavy atom. The minimum absolute atomic E-state index is 0.679. The van der Waals surface area contributed by atoms with E-state index in [-0.39, 0.29) is 0 Å². The lowest BCUT2D eigenvalue weighted by Gasteiger charge is -2.00. The maximum atomic E-state index is 5.22. The van der Waals surface area contributed by atoms with Gasteiger partial charge in [-0.3, -0.25) is 0 Å². The number of hydrogen-bond acceptors (Lipinski definition) is 1. The predicted molar refractivity (Wildman–Crippen MR) is 38.3 cm³/mol. The third-order valence-corrected chi connectivity index (χ3v) is 1.54. The highest BCUT2D eigenvalue weighted by molar-refractivity contribution is 5.25. The van der Waals surface area contributed by atoms with Crippen LogP contribution in [-0.4, -0.2) is 13.2 Å². The third kappa shape index (κ3) is 1.68. The van der Waals surface area contributed by atoms with Crippen molar-refractivity contribution in [2.75, 3.05) is 13.2 Å². The summed E-state index contributed by atoms with van der Waals surface area (Å²) < 4.78 is 5.22. The van der Waals surface area contributed by atoms with Gasteiger partial charge in [-0.25, -0.2) is 0 Å². The molecule has 1 heteroatoms. The Morgan fingerprint density at radius 2 is 2.00 bits per heavy atom. The highest BCUT2D eigenvalue weighted by Crippen LogP contribution is 2.15. The van der Waals surface area contributed by atoms with Crippen LogP contribution in [-0.2, 0) is 4.74 Å². The molecule has 0 bridgehead atoms. The maximum absolute atomic E-state index is 5.22. The lowest BCUT2D eigenvalue weighted by atomic mass is 10.1. The van der Waals surface area contributed by atoms with Crippen LogP contribution in [0.3, 0.4) is 0 Å². The quantitative estimate of drug-likeness (QED) is 0.479. The second-order valence-corrected chi connectivity index (χ2v) is 2.36. The largest absolute Gasteiger partial charge is 0.377 e. The third-order valence-electron chi connectivity index (χ3n) is 1.54. The van der Waals surface area contributed by atoms with Crippen LogP contribution in [0.25, 0.3) is 0 Å². The summed E-state index contributed by atoms with van der Waals surface area (Å²) in [5.74, 6) is 0. The zero-order valence-electron chi connectivity index (χ0n) is 5.65. The van der Waals surface area contributed by atoms with Crippen LogP contribution in [0, 0.1) is 0 Å². The summed E-state index contributed by atoms with van der Waals surface area (Å²) in [6.45, 7) is 9.24. The lowest BCUT2D eigenvalue weighted by molar-refractivity contribution is 0.163. The topological polar surface area (TPSA) is 9.23 Å². The summed E-state index contributed by atoms with van der Waals surface area (Å²) in [4.78, 5) is 0. The van der Waals surface area contributed by atoms with Crippen molar-refractivity contribution in [1.82, 2.24) is 0 Å². The molecular weight excluding hydrogens is 112 g/mol. The predicted octanol–water partition coefficient (Wildman–Crippen LogP) is 1.91. The molecule has 50 valence electrons. The van der Waals surface area contributed by atoms with Crippen molar-refractivity contribution in [1.29, 1.82) is 0 Å². The molecule has 0 aliphatic carbocycles. The summed E-state index contributed by atoms with van der Waals surface area (Å²) in [6, 6.07) is 0. The molecule has 9 heavy (non-hydrogen) atoms. The Bertz CT molecular complexity index is 120. The molecule has 1 nitrogen and oxygen atoms in total. The molecule has 1 heterocycles. The van der Waals surface area contributed by atoms with Crippen molar-refractivity contribution in [2.45, 2.75) is 12.8 Å². The van der Waals surface area contributed by atoms with Gasteiger partial charge in [0.15, 0.2) is 0 Å². The van der Waals surface area contributed by atoms with Crippen LogP contribution in [0.4, 0.5) is 0 Å². The molecule has 0 atom stereocenters. The van der Waals surface area contributed by atoms with E-state index in [9.17, 15) is 0 Å². The van der Waals surface area contributed by atoms with Gasteiger partial charge < -0.3 is 4.74 Å². The first-order valence-electron chi connectivity index (χ1n) is 3.24. The van der Waals surface area contributed by atoms with Gasteiger partial charge in [-0.1, -0.05) is 18.7 Å². The number of rotatable bonds is 0. The first-order valence-corrected chi connectivity index (χ1v) is 3.24. The lowest BCUT2D eigenvalue weighted by Crippen LogP contribution is -1.93. The van der Waals surface area contributed by atoms with Gasteiger partial charge in [-0.05, 0) is 18.4 Å². The normalized spacial score (nSPS) is 21.8. The first-order chi connectivity index (χ1) is 4.30. The van der Waals surface area contributed by atoms with E-state index in [1.807, 2.05) is 0 Å². The van der Waals surface area contributed by atoms with Gasteiger partial charge in [-0.2, -0.15) is 0 Å². The molecule has 1 saturated heterocycles. The summed E-state index contributed by atoms with van der Waals surface area (Å²) >= 11 is 0. The Labute approximate surface area is 56.0 Å². The Hall–Kier alpha value is -0.560. The van der Waals surface area contributed by atoms with Gasteiger partial charge in [0.25, 0.3) is 0 Å². The van der Waals surface area contributed by atoms with Crippen LogP contribution < -0.4 is 0 Å². The van der Waals surface area contributed by atoms with Crippen molar-refractivity contribution in [3.63, 3.8) is 0 Å². The van der Waals surface area contributed by atoms with Gasteiger partial charge in [0, 0.05) is 6.61 Å². The van der Waals surface area contributed by atoms with E-state index in [4.69, 9.17) is 4.74 Å². The smallest absolute Gasteiger partial charge is 0.0713 e. The fourth-order valence-corrected chi connectivity index (χ4v) is 0.862. The van der Waals surface area contributed by atoms with E-state index in [1.165, 1.54) is 0 Å². The maximum Gasteiger partial charge on any atom is 0.0713 e. The molecule has 0 aromatic rings. The molecule has 0 aromatic heterocycles. The summed E-state index contributed by atoms with van der Waals surface area (Å²) in [5.41, 5.74) is 2.22. The molecule has 0 unspecified atom stereocenters. The van der Waals surface area contributed by atoms with Crippen molar-refractivity contribution >= 4 is 0 Å². The summed E-state index contributed by atoms with van der Waals surface area (Å²) in [5, 5.41) is 0. The van der Waals surface area contributed by atoms with Crippen molar-refractivity contribution in [2.24, 2.45) is 0 Å². The fraction of sp³-hybridized carbons (Fsp3) is 0.500. The minimum Gasteiger partial charge on any atom is -0.377 e. The first kappa shape index (κ1) is 6.56. The standard InChI is InChI=1S/C8H12O/c1-7-4-3-5-9-6-8(7)2/h1-6H2. The van der Waals surface area contributed by atoms with Gasteiger partial charge in [0.2, 0.25) is 0 Å². The molecule has 0 N–H and O–H groups in total.